The third-order valence-electron chi connectivity index (χ3n) is 4.16. The number of hydrogen-bond donors (Lipinski definition) is 2. The molecule has 0 bridgehead atoms. The Morgan fingerprint density at radius 1 is 1.14 bits per heavy atom. The number of benzene rings is 2. The summed E-state index contributed by atoms with van der Waals surface area (Å²) in [5.74, 6) is -1.32. The molecule has 0 spiro atoms. The summed E-state index contributed by atoms with van der Waals surface area (Å²) >= 11 is 1.54. The van der Waals surface area contributed by atoms with E-state index in [4.69, 9.17) is 4.74 Å². The van der Waals surface area contributed by atoms with E-state index in [9.17, 15) is 14.0 Å². The normalized spacial score (nSPS) is 10.4. The topological polar surface area (TPSA) is 80.3 Å². The fourth-order valence-corrected chi connectivity index (χ4v) is 3.71. The average molecular weight is 413 g/mol. The first-order valence-electron chi connectivity index (χ1n) is 8.91. The van der Waals surface area contributed by atoms with Crippen LogP contribution in [0.2, 0.25) is 0 Å². The van der Waals surface area contributed by atoms with Gasteiger partial charge in [-0.05, 0) is 49.4 Å². The maximum Gasteiger partial charge on any atom is 0.313 e. The summed E-state index contributed by atoms with van der Waals surface area (Å²) in [7, 11) is 1.62. The SMILES string of the molecule is COc1ccc(-c2nc(C)c(CCNC(=O)C(=O)Nc3cccc(F)c3)s2)cc1. The number of aromatic nitrogens is 1. The zero-order chi connectivity index (χ0) is 20.8. The quantitative estimate of drug-likeness (QED) is 0.606. The molecule has 29 heavy (non-hydrogen) atoms. The largest absolute Gasteiger partial charge is 0.497 e. The molecule has 0 radical (unpaired) electrons. The van der Waals surface area contributed by atoms with Crippen molar-refractivity contribution >= 4 is 28.8 Å². The van der Waals surface area contributed by atoms with Crippen molar-refractivity contribution in [1.82, 2.24) is 10.3 Å². The van der Waals surface area contributed by atoms with Crippen LogP contribution in [0.3, 0.4) is 0 Å². The minimum absolute atomic E-state index is 0.229. The number of amides is 2. The molecule has 0 aliphatic heterocycles. The fourth-order valence-electron chi connectivity index (χ4n) is 2.64. The van der Waals surface area contributed by atoms with Crippen LogP contribution in [0.4, 0.5) is 10.1 Å². The van der Waals surface area contributed by atoms with E-state index in [1.165, 1.54) is 18.2 Å². The molecule has 3 aromatic rings. The Kier molecular flexibility index (Phi) is 6.56. The van der Waals surface area contributed by atoms with Gasteiger partial charge in [-0.15, -0.1) is 11.3 Å². The van der Waals surface area contributed by atoms with E-state index < -0.39 is 17.6 Å². The number of rotatable bonds is 6. The Morgan fingerprint density at radius 3 is 2.59 bits per heavy atom. The van der Waals surface area contributed by atoms with E-state index in [2.05, 4.69) is 15.6 Å². The molecular weight excluding hydrogens is 393 g/mol. The van der Waals surface area contributed by atoms with Gasteiger partial charge in [-0.3, -0.25) is 9.59 Å². The molecule has 2 N–H and O–H groups in total. The van der Waals surface area contributed by atoms with Crippen molar-refractivity contribution in [3.8, 4) is 16.3 Å². The molecule has 1 heterocycles. The first kappa shape index (κ1) is 20.5. The molecule has 0 saturated carbocycles. The number of ether oxygens (including phenoxy) is 1. The maximum absolute atomic E-state index is 13.1. The maximum atomic E-state index is 13.1. The van der Waals surface area contributed by atoms with Crippen LogP contribution in [0.25, 0.3) is 10.6 Å². The third kappa shape index (κ3) is 5.39. The average Bonchev–Trinajstić information content (AvgIpc) is 3.08. The number of methoxy groups -OCH3 is 1. The number of nitrogens with one attached hydrogen (secondary N) is 2. The minimum atomic E-state index is -0.837. The highest BCUT2D eigenvalue weighted by Gasteiger charge is 2.15. The van der Waals surface area contributed by atoms with Crippen molar-refractivity contribution in [2.24, 2.45) is 0 Å². The zero-order valence-electron chi connectivity index (χ0n) is 16.0. The Balaban J connectivity index is 1.54. The van der Waals surface area contributed by atoms with Gasteiger partial charge in [-0.25, -0.2) is 9.37 Å². The highest BCUT2D eigenvalue weighted by Crippen LogP contribution is 2.29. The van der Waals surface area contributed by atoms with Crippen LogP contribution in [-0.4, -0.2) is 30.5 Å². The monoisotopic (exact) mass is 413 g/mol. The van der Waals surface area contributed by atoms with E-state index in [0.717, 1.165) is 33.0 Å². The molecule has 0 aliphatic carbocycles. The van der Waals surface area contributed by atoms with Crippen LogP contribution in [-0.2, 0) is 16.0 Å². The Morgan fingerprint density at radius 2 is 1.90 bits per heavy atom. The number of halogens is 1. The van der Waals surface area contributed by atoms with Gasteiger partial charge in [0.2, 0.25) is 0 Å². The van der Waals surface area contributed by atoms with E-state index in [1.54, 1.807) is 18.4 Å². The predicted molar refractivity (Wildman–Crippen MR) is 111 cm³/mol. The molecule has 0 saturated heterocycles. The van der Waals surface area contributed by atoms with Crippen LogP contribution in [0, 0.1) is 12.7 Å². The third-order valence-corrected chi connectivity index (χ3v) is 5.42. The van der Waals surface area contributed by atoms with Crippen LogP contribution < -0.4 is 15.4 Å². The van der Waals surface area contributed by atoms with E-state index in [0.29, 0.717) is 13.0 Å². The summed E-state index contributed by atoms with van der Waals surface area (Å²) in [5.41, 5.74) is 2.11. The summed E-state index contributed by atoms with van der Waals surface area (Å²) in [6, 6.07) is 13.0. The van der Waals surface area contributed by atoms with E-state index >= 15 is 0 Å². The number of nitrogens with zero attached hydrogens (tertiary/aromatic N) is 1. The molecule has 0 fully saturated rings. The number of aryl methyl sites for hydroxylation is 1. The first-order valence-corrected chi connectivity index (χ1v) is 9.73. The highest BCUT2D eigenvalue weighted by molar-refractivity contribution is 7.15. The van der Waals surface area contributed by atoms with Gasteiger partial charge in [0.05, 0.1) is 12.8 Å². The smallest absolute Gasteiger partial charge is 0.313 e. The van der Waals surface area contributed by atoms with Gasteiger partial charge in [0.25, 0.3) is 0 Å². The van der Waals surface area contributed by atoms with Gasteiger partial charge in [0, 0.05) is 29.1 Å². The molecular formula is C21H20FN3O3S. The lowest BCUT2D eigenvalue weighted by molar-refractivity contribution is -0.136. The number of carbonyl (C=O) groups is 2. The van der Waals surface area contributed by atoms with Crippen molar-refractivity contribution in [2.75, 3.05) is 19.0 Å². The molecule has 2 aromatic carbocycles. The van der Waals surface area contributed by atoms with Gasteiger partial charge in [-0.2, -0.15) is 0 Å². The number of carbonyl (C=O) groups excluding carboxylic acids is 2. The molecule has 0 atom stereocenters. The van der Waals surface area contributed by atoms with Gasteiger partial charge < -0.3 is 15.4 Å². The van der Waals surface area contributed by atoms with Crippen LogP contribution in [0.1, 0.15) is 10.6 Å². The van der Waals surface area contributed by atoms with E-state index in [1.807, 2.05) is 31.2 Å². The number of hydrogen-bond acceptors (Lipinski definition) is 5. The van der Waals surface area contributed by atoms with Crippen molar-refractivity contribution in [3.05, 3.63) is 64.9 Å². The van der Waals surface area contributed by atoms with E-state index in [-0.39, 0.29) is 5.69 Å². The van der Waals surface area contributed by atoms with Gasteiger partial charge in [-0.1, -0.05) is 6.07 Å². The molecule has 150 valence electrons. The number of anilines is 1. The van der Waals surface area contributed by atoms with Crippen molar-refractivity contribution in [2.45, 2.75) is 13.3 Å². The summed E-state index contributed by atoms with van der Waals surface area (Å²) in [4.78, 5) is 29.5. The molecule has 0 unspecified atom stereocenters. The van der Waals surface area contributed by atoms with Gasteiger partial charge >= 0.3 is 11.8 Å². The van der Waals surface area contributed by atoms with Crippen molar-refractivity contribution in [3.63, 3.8) is 0 Å². The van der Waals surface area contributed by atoms with Gasteiger partial charge in [0.1, 0.15) is 16.6 Å². The molecule has 3 rings (SSSR count). The molecule has 8 heteroatoms. The second kappa shape index (κ2) is 9.29. The summed E-state index contributed by atoms with van der Waals surface area (Å²) in [5, 5.41) is 5.83. The van der Waals surface area contributed by atoms with Gasteiger partial charge in [0.15, 0.2) is 0 Å². The van der Waals surface area contributed by atoms with Crippen molar-refractivity contribution in [1.29, 1.82) is 0 Å². The lowest BCUT2D eigenvalue weighted by atomic mass is 10.2. The fraction of sp³-hybridized carbons (Fsp3) is 0.190. The molecule has 1 aromatic heterocycles. The standard InChI is InChI=1S/C21H20FN3O3S/c1-13-18(29-21(24-13)14-6-8-17(28-2)9-7-14)10-11-23-19(26)20(27)25-16-5-3-4-15(22)12-16/h3-9,12H,10-11H2,1-2H3,(H,23,26)(H,25,27). The van der Waals surface area contributed by atoms with Crippen LogP contribution in [0.5, 0.6) is 5.75 Å². The van der Waals surface area contributed by atoms with Crippen molar-refractivity contribution < 1.29 is 18.7 Å². The lowest BCUT2D eigenvalue weighted by Crippen LogP contribution is -2.36. The Labute approximate surface area is 171 Å². The Hall–Kier alpha value is -3.26. The summed E-state index contributed by atoms with van der Waals surface area (Å²) in [6.45, 7) is 2.21. The van der Waals surface area contributed by atoms with Crippen LogP contribution >= 0.6 is 11.3 Å². The Bertz CT molecular complexity index is 1020. The molecule has 0 aliphatic rings. The second-order valence-corrected chi connectivity index (χ2v) is 7.31. The zero-order valence-corrected chi connectivity index (χ0v) is 16.8. The summed E-state index contributed by atoms with van der Waals surface area (Å²) < 4.78 is 18.3. The first-order chi connectivity index (χ1) is 14.0. The summed E-state index contributed by atoms with van der Waals surface area (Å²) in [6.07, 6.45) is 0.554. The second-order valence-electron chi connectivity index (χ2n) is 6.23. The number of thiazole rings is 1. The minimum Gasteiger partial charge on any atom is -0.497 e. The molecule has 2 amide bonds. The highest BCUT2D eigenvalue weighted by atomic mass is 32.1. The molecule has 6 nitrogen and oxygen atoms in total. The predicted octanol–water partition coefficient (Wildman–Crippen LogP) is 3.56. The van der Waals surface area contributed by atoms with Crippen LogP contribution in [0.15, 0.2) is 48.5 Å². The lowest BCUT2D eigenvalue weighted by Gasteiger charge is -2.06.